The Morgan fingerprint density at radius 2 is 1.89 bits per heavy atom. The predicted molar refractivity (Wildman–Crippen MR) is 79.0 cm³/mol. The number of aromatic carboxylic acids is 1. The van der Waals surface area contributed by atoms with E-state index in [2.05, 4.69) is 15.9 Å². The third-order valence-corrected chi connectivity index (χ3v) is 4.50. The van der Waals surface area contributed by atoms with E-state index < -0.39 is 5.97 Å². The molecule has 102 valence electrons. The Morgan fingerprint density at radius 1 is 1.32 bits per heavy atom. The van der Waals surface area contributed by atoms with Crippen LogP contribution >= 0.6 is 15.9 Å². The Balaban J connectivity index is 3.01. The number of carbonyl (C=O) groups is 1. The lowest BCUT2D eigenvalue weighted by Crippen LogP contribution is -2.15. The standard InChI is InChI=1S/C15H17BrO3/c1-7-6-9-10(8(2)12(7)16)11(15(3,4)5)13(19-9)14(17)18/h6H,1-5H3,(H,17,18). The molecule has 0 amide bonds. The van der Waals surface area contributed by atoms with Crippen molar-refractivity contribution >= 4 is 32.9 Å². The van der Waals surface area contributed by atoms with Gasteiger partial charge in [-0.25, -0.2) is 4.79 Å². The van der Waals surface area contributed by atoms with Crippen molar-refractivity contribution in [3.8, 4) is 0 Å². The van der Waals surface area contributed by atoms with Crippen molar-refractivity contribution in [3.05, 3.63) is 33.0 Å². The monoisotopic (exact) mass is 324 g/mol. The molecule has 0 saturated carbocycles. The third-order valence-electron chi connectivity index (χ3n) is 3.28. The van der Waals surface area contributed by atoms with Gasteiger partial charge in [-0.1, -0.05) is 36.7 Å². The van der Waals surface area contributed by atoms with Crippen molar-refractivity contribution < 1.29 is 14.3 Å². The summed E-state index contributed by atoms with van der Waals surface area (Å²) in [5.41, 5.74) is 3.17. The number of hydrogen-bond acceptors (Lipinski definition) is 2. The van der Waals surface area contributed by atoms with E-state index in [4.69, 9.17) is 4.42 Å². The van der Waals surface area contributed by atoms with Crippen molar-refractivity contribution in [2.45, 2.75) is 40.0 Å². The van der Waals surface area contributed by atoms with E-state index in [9.17, 15) is 9.90 Å². The highest BCUT2D eigenvalue weighted by Crippen LogP contribution is 2.40. The van der Waals surface area contributed by atoms with Crippen LogP contribution in [-0.2, 0) is 5.41 Å². The molecule has 0 unspecified atom stereocenters. The fourth-order valence-corrected chi connectivity index (χ4v) is 2.77. The molecule has 1 heterocycles. The Bertz CT molecular complexity index is 675. The van der Waals surface area contributed by atoms with E-state index in [1.807, 2.05) is 40.7 Å². The molecule has 19 heavy (non-hydrogen) atoms. The minimum Gasteiger partial charge on any atom is -0.475 e. The van der Waals surface area contributed by atoms with E-state index in [0.717, 1.165) is 26.5 Å². The molecule has 2 aromatic rings. The molecule has 0 radical (unpaired) electrons. The quantitative estimate of drug-likeness (QED) is 0.819. The van der Waals surface area contributed by atoms with Gasteiger partial charge in [-0.05, 0) is 36.5 Å². The molecule has 0 atom stereocenters. The zero-order valence-corrected chi connectivity index (χ0v) is 13.3. The van der Waals surface area contributed by atoms with Crippen LogP contribution in [-0.4, -0.2) is 11.1 Å². The van der Waals surface area contributed by atoms with Gasteiger partial charge >= 0.3 is 5.97 Å². The van der Waals surface area contributed by atoms with Crippen LogP contribution in [0.5, 0.6) is 0 Å². The van der Waals surface area contributed by atoms with Crippen molar-refractivity contribution in [1.29, 1.82) is 0 Å². The van der Waals surface area contributed by atoms with E-state index >= 15 is 0 Å². The second kappa shape index (κ2) is 4.37. The highest BCUT2D eigenvalue weighted by molar-refractivity contribution is 9.10. The van der Waals surface area contributed by atoms with Crippen molar-refractivity contribution in [2.24, 2.45) is 0 Å². The smallest absolute Gasteiger partial charge is 0.372 e. The fraction of sp³-hybridized carbons (Fsp3) is 0.400. The lowest BCUT2D eigenvalue weighted by molar-refractivity contribution is 0.0661. The number of halogens is 1. The van der Waals surface area contributed by atoms with Crippen LogP contribution in [0.3, 0.4) is 0 Å². The summed E-state index contributed by atoms with van der Waals surface area (Å²) in [4.78, 5) is 11.4. The summed E-state index contributed by atoms with van der Waals surface area (Å²) in [6.07, 6.45) is 0. The molecular formula is C15H17BrO3. The minimum atomic E-state index is -1.02. The van der Waals surface area contributed by atoms with Gasteiger partial charge in [-0.15, -0.1) is 0 Å². The summed E-state index contributed by atoms with van der Waals surface area (Å²) < 4.78 is 6.59. The Morgan fingerprint density at radius 3 is 2.37 bits per heavy atom. The van der Waals surface area contributed by atoms with Crippen LogP contribution in [0.2, 0.25) is 0 Å². The molecule has 1 N–H and O–H groups in total. The van der Waals surface area contributed by atoms with Crippen LogP contribution in [0.15, 0.2) is 15.0 Å². The normalized spacial score (nSPS) is 12.1. The van der Waals surface area contributed by atoms with Gasteiger partial charge < -0.3 is 9.52 Å². The number of furan rings is 1. The summed E-state index contributed by atoms with van der Waals surface area (Å²) in [6, 6.07) is 1.88. The van der Waals surface area contributed by atoms with Gasteiger partial charge in [0.2, 0.25) is 5.76 Å². The van der Waals surface area contributed by atoms with E-state index in [-0.39, 0.29) is 11.2 Å². The van der Waals surface area contributed by atoms with Crippen LogP contribution in [0.4, 0.5) is 0 Å². The Labute approximate surface area is 120 Å². The summed E-state index contributed by atoms with van der Waals surface area (Å²) >= 11 is 3.56. The van der Waals surface area contributed by atoms with Gasteiger partial charge in [-0.3, -0.25) is 0 Å². The van der Waals surface area contributed by atoms with Gasteiger partial charge in [0.25, 0.3) is 0 Å². The number of carboxylic acids is 1. The third kappa shape index (κ3) is 2.18. The molecule has 1 aromatic heterocycles. The van der Waals surface area contributed by atoms with Crippen molar-refractivity contribution in [3.63, 3.8) is 0 Å². The summed E-state index contributed by atoms with van der Waals surface area (Å²) in [6.45, 7) is 9.94. The zero-order valence-electron chi connectivity index (χ0n) is 11.7. The molecule has 0 aliphatic heterocycles. The highest BCUT2D eigenvalue weighted by atomic mass is 79.9. The largest absolute Gasteiger partial charge is 0.475 e. The first kappa shape index (κ1) is 14.1. The maximum atomic E-state index is 11.4. The summed E-state index contributed by atoms with van der Waals surface area (Å²) in [5.74, 6) is -0.975. The molecule has 2 rings (SSSR count). The minimum absolute atomic E-state index is 0.0445. The highest BCUT2D eigenvalue weighted by Gasteiger charge is 2.30. The lowest BCUT2D eigenvalue weighted by atomic mass is 9.83. The van der Waals surface area contributed by atoms with E-state index in [1.54, 1.807) is 0 Å². The van der Waals surface area contributed by atoms with Crippen LogP contribution in [0.25, 0.3) is 11.0 Å². The Hall–Kier alpha value is -1.29. The van der Waals surface area contributed by atoms with E-state index in [0.29, 0.717) is 5.58 Å². The maximum Gasteiger partial charge on any atom is 0.372 e. The van der Waals surface area contributed by atoms with Gasteiger partial charge in [0.05, 0.1) is 0 Å². The average Bonchev–Trinajstić information content (AvgIpc) is 2.65. The first-order chi connectivity index (χ1) is 8.64. The van der Waals surface area contributed by atoms with E-state index in [1.165, 1.54) is 0 Å². The number of rotatable bonds is 1. The van der Waals surface area contributed by atoms with Crippen LogP contribution in [0.1, 0.15) is 48.0 Å². The van der Waals surface area contributed by atoms with Crippen molar-refractivity contribution in [2.75, 3.05) is 0 Å². The van der Waals surface area contributed by atoms with Crippen molar-refractivity contribution in [1.82, 2.24) is 0 Å². The second-order valence-electron chi connectivity index (χ2n) is 5.87. The van der Waals surface area contributed by atoms with Gasteiger partial charge in [0.1, 0.15) is 5.58 Å². The first-order valence-corrected chi connectivity index (χ1v) is 6.90. The number of aryl methyl sites for hydroxylation is 2. The van der Waals surface area contributed by atoms with Gasteiger partial charge in [-0.2, -0.15) is 0 Å². The number of carboxylic acid groups (broad SMARTS) is 1. The molecule has 0 spiro atoms. The number of fused-ring (bicyclic) bond motifs is 1. The molecule has 0 saturated heterocycles. The molecule has 0 aliphatic carbocycles. The topological polar surface area (TPSA) is 50.4 Å². The Kier molecular flexibility index (Phi) is 3.25. The molecule has 3 nitrogen and oxygen atoms in total. The molecular weight excluding hydrogens is 308 g/mol. The molecule has 0 bridgehead atoms. The van der Waals surface area contributed by atoms with Gasteiger partial charge in [0.15, 0.2) is 0 Å². The number of hydrogen-bond donors (Lipinski definition) is 1. The van der Waals surface area contributed by atoms with Crippen LogP contribution < -0.4 is 0 Å². The number of benzene rings is 1. The zero-order chi connectivity index (χ0) is 14.5. The molecule has 1 aromatic carbocycles. The fourth-order valence-electron chi connectivity index (χ4n) is 2.45. The molecule has 4 heteroatoms. The molecule has 0 aliphatic rings. The molecule has 0 fully saturated rings. The average molecular weight is 325 g/mol. The van der Waals surface area contributed by atoms with Gasteiger partial charge in [0, 0.05) is 15.4 Å². The van der Waals surface area contributed by atoms with Crippen LogP contribution in [0, 0.1) is 13.8 Å². The summed E-state index contributed by atoms with van der Waals surface area (Å²) in [5, 5.41) is 10.3. The maximum absolute atomic E-state index is 11.4. The lowest BCUT2D eigenvalue weighted by Gasteiger charge is -2.19. The summed E-state index contributed by atoms with van der Waals surface area (Å²) in [7, 11) is 0. The SMILES string of the molecule is Cc1cc2oc(C(=O)O)c(C(C)(C)C)c2c(C)c1Br. The first-order valence-electron chi connectivity index (χ1n) is 6.10. The second-order valence-corrected chi connectivity index (χ2v) is 6.66. The predicted octanol–water partition coefficient (Wildman–Crippen LogP) is 4.81.